The molecule has 4 rings (SSSR count). The molecule has 29 heavy (non-hydrogen) atoms. The molecule has 3 aromatic carbocycles. The number of hydrogen-bond donors (Lipinski definition) is 2. The van der Waals surface area contributed by atoms with Crippen molar-refractivity contribution >= 4 is 27.3 Å². The van der Waals surface area contributed by atoms with Gasteiger partial charge in [-0.2, -0.15) is 0 Å². The van der Waals surface area contributed by atoms with E-state index < -0.39 is 10.0 Å². The van der Waals surface area contributed by atoms with Crippen molar-refractivity contribution in [2.24, 2.45) is 5.14 Å². The normalized spacial score (nSPS) is 13.2. The van der Waals surface area contributed by atoms with Crippen molar-refractivity contribution in [3.05, 3.63) is 89.5 Å². The molecule has 3 N–H and O–H groups in total. The summed E-state index contributed by atoms with van der Waals surface area (Å²) in [5.74, 6) is -0.155. The number of para-hydroxylation sites is 1. The Balaban J connectivity index is 1.50. The molecule has 1 heterocycles. The second-order valence-electron chi connectivity index (χ2n) is 7.03. The Morgan fingerprint density at radius 2 is 1.79 bits per heavy atom. The first-order chi connectivity index (χ1) is 13.9. The first-order valence-electron chi connectivity index (χ1n) is 9.26. The van der Waals surface area contributed by atoms with Crippen LogP contribution in [0.1, 0.15) is 21.5 Å². The predicted octanol–water partition coefficient (Wildman–Crippen LogP) is 3.15. The molecule has 3 aromatic rings. The number of nitrogens with two attached hydrogens (primary N) is 1. The summed E-state index contributed by atoms with van der Waals surface area (Å²) < 4.78 is 23.1. The van der Waals surface area contributed by atoms with Crippen molar-refractivity contribution in [2.45, 2.75) is 17.9 Å². The average Bonchev–Trinajstić information content (AvgIpc) is 3.10. The highest BCUT2D eigenvalue weighted by molar-refractivity contribution is 7.89. The van der Waals surface area contributed by atoms with E-state index in [1.807, 2.05) is 48.5 Å². The topological polar surface area (TPSA) is 92.5 Å². The summed E-state index contributed by atoms with van der Waals surface area (Å²) in [7, 11) is -3.70. The monoisotopic (exact) mass is 407 g/mol. The van der Waals surface area contributed by atoms with Crippen LogP contribution in [0.25, 0.3) is 0 Å². The van der Waals surface area contributed by atoms with Crippen LogP contribution in [-0.4, -0.2) is 20.9 Å². The maximum absolute atomic E-state index is 12.5. The Labute approximate surface area is 170 Å². The molecule has 1 amide bonds. The Bertz CT molecular complexity index is 1160. The van der Waals surface area contributed by atoms with E-state index in [9.17, 15) is 13.2 Å². The summed E-state index contributed by atoms with van der Waals surface area (Å²) in [6.07, 6.45) is 0.757. The highest BCUT2D eigenvalue weighted by Crippen LogP contribution is 2.31. The molecule has 0 spiro atoms. The van der Waals surface area contributed by atoms with E-state index in [0.29, 0.717) is 12.1 Å². The van der Waals surface area contributed by atoms with Crippen LogP contribution in [0.2, 0.25) is 0 Å². The third kappa shape index (κ3) is 4.31. The Morgan fingerprint density at radius 3 is 2.55 bits per heavy atom. The molecule has 0 saturated carbocycles. The lowest BCUT2D eigenvalue weighted by Crippen LogP contribution is -2.20. The molecular weight excluding hydrogens is 386 g/mol. The molecule has 0 aromatic heterocycles. The number of nitrogens with one attached hydrogen (secondary N) is 1. The number of anilines is 2. The summed E-state index contributed by atoms with van der Waals surface area (Å²) in [5, 5.41) is 8.12. The molecule has 0 atom stereocenters. The van der Waals surface area contributed by atoms with Gasteiger partial charge in [0.05, 0.1) is 4.90 Å². The number of rotatable bonds is 5. The van der Waals surface area contributed by atoms with E-state index in [1.165, 1.54) is 6.07 Å². The zero-order valence-electron chi connectivity index (χ0n) is 15.7. The quantitative estimate of drug-likeness (QED) is 0.680. The number of fused-ring (bicyclic) bond motifs is 1. The lowest BCUT2D eigenvalue weighted by molar-refractivity contribution is 0.102. The standard InChI is InChI=1S/C22H21N3O3S/c23-29(27,28)20-9-10-21-17(14-20)11-12-25(21)15-16-5-4-6-18(13-16)22(26)24-19-7-2-1-3-8-19/h1-10,13-14H,11-12,15H2,(H,24,26)(H2,23,27,28). The summed E-state index contributed by atoms with van der Waals surface area (Å²) >= 11 is 0. The fraction of sp³-hybridized carbons (Fsp3) is 0.136. The molecule has 0 unspecified atom stereocenters. The van der Waals surface area contributed by atoms with Crippen LogP contribution in [0, 0.1) is 0 Å². The van der Waals surface area contributed by atoms with Gasteiger partial charge in [0.25, 0.3) is 5.91 Å². The smallest absolute Gasteiger partial charge is 0.255 e. The van der Waals surface area contributed by atoms with Gasteiger partial charge in [0.2, 0.25) is 10.0 Å². The number of nitrogens with zero attached hydrogens (tertiary/aromatic N) is 1. The van der Waals surface area contributed by atoms with Gasteiger partial charge in [0.1, 0.15) is 0 Å². The third-order valence-corrected chi connectivity index (χ3v) is 5.88. The van der Waals surface area contributed by atoms with Crippen molar-refractivity contribution in [1.82, 2.24) is 0 Å². The molecule has 0 fully saturated rings. The van der Waals surface area contributed by atoms with Crippen molar-refractivity contribution in [3.8, 4) is 0 Å². The van der Waals surface area contributed by atoms with E-state index in [-0.39, 0.29) is 10.8 Å². The molecule has 0 saturated heterocycles. The van der Waals surface area contributed by atoms with Gasteiger partial charge in [-0.15, -0.1) is 0 Å². The minimum atomic E-state index is -3.70. The van der Waals surface area contributed by atoms with Gasteiger partial charge in [-0.25, -0.2) is 13.6 Å². The van der Waals surface area contributed by atoms with Crippen LogP contribution in [-0.2, 0) is 23.0 Å². The molecular formula is C22H21N3O3S. The van der Waals surface area contributed by atoms with Crippen molar-refractivity contribution in [2.75, 3.05) is 16.8 Å². The van der Waals surface area contributed by atoms with Gasteiger partial charge in [-0.3, -0.25) is 4.79 Å². The van der Waals surface area contributed by atoms with E-state index in [0.717, 1.165) is 35.5 Å². The molecule has 0 radical (unpaired) electrons. The maximum atomic E-state index is 12.5. The van der Waals surface area contributed by atoms with E-state index in [4.69, 9.17) is 5.14 Å². The Kier molecular flexibility index (Phi) is 5.08. The number of sulfonamides is 1. The molecule has 7 heteroatoms. The molecule has 1 aliphatic rings. The van der Waals surface area contributed by atoms with E-state index in [2.05, 4.69) is 10.2 Å². The average molecular weight is 407 g/mol. The van der Waals surface area contributed by atoms with Gasteiger partial charge in [-0.1, -0.05) is 30.3 Å². The van der Waals surface area contributed by atoms with Gasteiger partial charge < -0.3 is 10.2 Å². The second-order valence-corrected chi connectivity index (χ2v) is 8.59. The van der Waals surface area contributed by atoms with E-state index >= 15 is 0 Å². The summed E-state index contributed by atoms with van der Waals surface area (Å²) in [5.41, 5.74) is 4.32. The molecule has 0 aliphatic carbocycles. The van der Waals surface area contributed by atoms with Gasteiger partial charge in [0, 0.05) is 30.0 Å². The number of amides is 1. The van der Waals surface area contributed by atoms with Crippen LogP contribution < -0.4 is 15.4 Å². The zero-order valence-corrected chi connectivity index (χ0v) is 16.5. The molecule has 148 valence electrons. The zero-order chi connectivity index (χ0) is 20.4. The number of carbonyl (C=O) groups is 1. The van der Waals surface area contributed by atoms with Gasteiger partial charge in [0.15, 0.2) is 0 Å². The minimum Gasteiger partial charge on any atom is -0.367 e. The van der Waals surface area contributed by atoms with Crippen LogP contribution in [0.3, 0.4) is 0 Å². The lowest BCUT2D eigenvalue weighted by atomic mass is 10.1. The Hall–Kier alpha value is -3.16. The number of primary sulfonamides is 1. The highest BCUT2D eigenvalue weighted by Gasteiger charge is 2.21. The number of carbonyl (C=O) groups excluding carboxylic acids is 1. The number of hydrogen-bond acceptors (Lipinski definition) is 4. The van der Waals surface area contributed by atoms with Crippen molar-refractivity contribution in [3.63, 3.8) is 0 Å². The minimum absolute atomic E-state index is 0.137. The van der Waals surface area contributed by atoms with Crippen molar-refractivity contribution < 1.29 is 13.2 Å². The van der Waals surface area contributed by atoms with Gasteiger partial charge >= 0.3 is 0 Å². The van der Waals surface area contributed by atoms with Crippen LogP contribution in [0.4, 0.5) is 11.4 Å². The van der Waals surface area contributed by atoms with Crippen LogP contribution in [0.15, 0.2) is 77.7 Å². The fourth-order valence-electron chi connectivity index (χ4n) is 3.54. The highest BCUT2D eigenvalue weighted by atomic mass is 32.2. The molecule has 1 aliphatic heterocycles. The largest absolute Gasteiger partial charge is 0.367 e. The second kappa shape index (κ2) is 7.69. The summed E-state index contributed by atoms with van der Waals surface area (Å²) in [4.78, 5) is 14.9. The Morgan fingerprint density at radius 1 is 1.00 bits per heavy atom. The van der Waals surface area contributed by atoms with Gasteiger partial charge in [-0.05, 0) is 60.0 Å². The first kappa shape index (κ1) is 19.2. The summed E-state index contributed by atoms with van der Waals surface area (Å²) in [6.45, 7) is 1.41. The summed E-state index contributed by atoms with van der Waals surface area (Å²) in [6, 6.07) is 21.8. The predicted molar refractivity (Wildman–Crippen MR) is 113 cm³/mol. The third-order valence-electron chi connectivity index (χ3n) is 4.97. The first-order valence-corrected chi connectivity index (χ1v) is 10.8. The molecule has 0 bridgehead atoms. The van der Waals surface area contributed by atoms with Crippen molar-refractivity contribution in [1.29, 1.82) is 0 Å². The van der Waals surface area contributed by atoms with E-state index in [1.54, 1.807) is 18.2 Å². The van der Waals surface area contributed by atoms with Crippen LogP contribution >= 0.6 is 0 Å². The SMILES string of the molecule is NS(=O)(=O)c1ccc2c(c1)CCN2Cc1cccc(C(=O)Nc2ccccc2)c1. The number of benzene rings is 3. The lowest BCUT2D eigenvalue weighted by Gasteiger charge is -2.20. The fourth-order valence-corrected chi connectivity index (χ4v) is 4.11. The molecule has 6 nitrogen and oxygen atoms in total. The maximum Gasteiger partial charge on any atom is 0.255 e. The van der Waals surface area contributed by atoms with Crippen LogP contribution in [0.5, 0.6) is 0 Å².